The van der Waals surface area contributed by atoms with Crippen LogP contribution in [0, 0.1) is 5.92 Å². The minimum atomic E-state index is -4.64. The molecule has 1 aromatic carbocycles. The van der Waals surface area contributed by atoms with Gasteiger partial charge in [-0.1, -0.05) is 0 Å². The number of methoxy groups -OCH3 is 3. The van der Waals surface area contributed by atoms with Crippen molar-refractivity contribution in [3.63, 3.8) is 0 Å². The second-order valence-electron chi connectivity index (χ2n) is 6.26. The molecule has 28 heavy (non-hydrogen) atoms. The van der Waals surface area contributed by atoms with E-state index in [1.807, 2.05) is 0 Å². The highest BCUT2D eigenvalue weighted by Gasteiger charge is 2.41. The molecular formula is C17H24F3NO6S. The average molecular weight is 427 g/mol. The number of carbonyl (C=O) groups excluding carboxylic acids is 1. The van der Waals surface area contributed by atoms with Crippen LogP contribution < -0.4 is 14.2 Å². The van der Waals surface area contributed by atoms with Crippen LogP contribution in [0.25, 0.3) is 0 Å². The first kappa shape index (κ1) is 23.9. The van der Waals surface area contributed by atoms with Crippen LogP contribution in [0.4, 0.5) is 13.2 Å². The second-order valence-corrected chi connectivity index (χ2v) is 8.52. The van der Waals surface area contributed by atoms with Crippen molar-refractivity contribution in [2.45, 2.75) is 12.6 Å². The molecule has 1 unspecified atom stereocenters. The maximum Gasteiger partial charge on any atom is 0.393 e. The summed E-state index contributed by atoms with van der Waals surface area (Å²) in [5, 5.41) is 0. The maximum atomic E-state index is 13.3. The molecule has 1 atom stereocenters. The number of hydrogen-bond donors (Lipinski definition) is 0. The summed E-state index contributed by atoms with van der Waals surface area (Å²) in [5.74, 6) is -2.69. The maximum absolute atomic E-state index is 13.3. The lowest BCUT2D eigenvalue weighted by molar-refractivity contribution is -0.177. The summed E-state index contributed by atoms with van der Waals surface area (Å²) >= 11 is 0. The van der Waals surface area contributed by atoms with Crippen LogP contribution in [0.1, 0.15) is 16.8 Å². The van der Waals surface area contributed by atoms with Gasteiger partial charge in [0.15, 0.2) is 11.5 Å². The molecule has 0 saturated heterocycles. The molecule has 1 rings (SSSR count). The fourth-order valence-corrected chi connectivity index (χ4v) is 3.27. The standard InChI is InChI=1S/C17H24F3NO6S/c1-21(10-12(17(18,19)20)6-7-28(5,23)24)16(22)11-8-13(25-2)15(27-4)14(9-11)26-3/h8-9,12H,6-7,10H2,1-5H3. The molecule has 0 N–H and O–H groups in total. The zero-order valence-electron chi connectivity index (χ0n) is 16.3. The molecule has 0 aliphatic heterocycles. The predicted molar refractivity (Wildman–Crippen MR) is 96.9 cm³/mol. The van der Waals surface area contributed by atoms with Gasteiger partial charge in [-0.05, 0) is 18.6 Å². The van der Waals surface area contributed by atoms with E-state index in [0.29, 0.717) is 0 Å². The molecule has 0 fully saturated rings. The van der Waals surface area contributed by atoms with Crippen LogP contribution in [-0.2, 0) is 9.84 Å². The van der Waals surface area contributed by atoms with Crippen LogP contribution >= 0.6 is 0 Å². The quantitative estimate of drug-likeness (QED) is 0.602. The van der Waals surface area contributed by atoms with E-state index < -0.39 is 46.6 Å². The minimum absolute atomic E-state index is 0.0426. The number of hydrogen-bond acceptors (Lipinski definition) is 6. The summed E-state index contributed by atoms with van der Waals surface area (Å²) in [5.41, 5.74) is 0.0426. The summed E-state index contributed by atoms with van der Waals surface area (Å²) in [4.78, 5) is 13.5. The zero-order chi connectivity index (χ0) is 21.7. The number of alkyl halides is 3. The molecule has 0 aromatic heterocycles. The van der Waals surface area contributed by atoms with Crippen molar-refractivity contribution in [2.24, 2.45) is 5.92 Å². The van der Waals surface area contributed by atoms with Crippen LogP contribution in [0.3, 0.4) is 0 Å². The Balaban J connectivity index is 3.10. The second kappa shape index (κ2) is 9.35. The van der Waals surface area contributed by atoms with Crippen LogP contribution in [0.15, 0.2) is 12.1 Å². The number of rotatable bonds is 9. The van der Waals surface area contributed by atoms with Crippen molar-refractivity contribution in [3.05, 3.63) is 17.7 Å². The van der Waals surface area contributed by atoms with Crippen LogP contribution in [-0.4, -0.2) is 72.3 Å². The van der Waals surface area contributed by atoms with Gasteiger partial charge in [0.2, 0.25) is 5.75 Å². The lowest BCUT2D eigenvalue weighted by Crippen LogP contribution is -2.38. The molecule has 1 amide bonds. The zero-order valence-corrected chi connectivity index (χ0v) is 17.1. The number of amides is 1. The normalized spacial score (nSPS) is 13.0. The SMILES string of the molecule is COc1cc(C(=O)N(C)CC(CCS(C)(=O)=O)C(F)(F)F)cc(OC)c1OC. The number of carbonyl (C=O) groups is 1. The lowest BCUT2D eigenvalue weighted by Gasteiger charge is -2.26. The third-order valence-electron chi connectivity index (χ3n) is 4.05. The Kier molecular flexibility index (Phi) is 7.97. The first-order valence-corrected chi connectivity index (χ1v) is 10.2. The smallest absolute Gasteiger partial charge is 0.393 e. The van der Waals surface area contributed by atoms with Gasteiger partial charge in [-0.3, -0.25) is 4.79 Å². The number of ether oxygens (including phenoxy) is 3. The van der Waals surface area contributed by atoms with E-state index in [1.54, 1.807) is 0 Å². The molecule has 0 aliphatic carbocycles. The van der Waals surface area contributed by atoms with Gasteiger partial charge in [0, 0.05) is 25.4 Å². The summed E-state index contributed by atoms with van der Waals surface area (Å²) < 4.78 is 77.7. The van der Waals surface area contributed by atoms with Gasteiger partial charge < -0.3 is 19.1 Å². The van der Waals surface area contributed by atoms with E-state index in [9.17, 15) is 26.4 Å². The number of benzene rings is 1. The van der Waals surface area contributed by atoms with Gasteiger partial charge in [0.1, 0.15) is 9.84 Å². The highest BCUT2D eigenvalue weighted by Crippen LogP contribution is 2.38. The summed E-state index contributed by atoms with van der Waals surface area (Å²) in [7, 11) is 1.72. The van der Waals surface area contributed by atoms with E-state index in [-0.39, 0.29) is 22.8 Å². The molecule has 0 spiro atoms. The largest absolute Gasteiger partial charge is 0.493 e. The Labute approximate surface area is 162 Å². The number of sulfone groups is 1. The van der Waals surface area contributed by atoms with Crippen molar-refractivity contribution in [2.75, 3.05) is 46.9 Å². The van der Waals surface area contributed by atoms with Gasteiger partial charge in [-0.15, -0.1) is 0 Å². The van der Waals surface area contributed by atoms with Crippen molar-refractivity contribution >= 4 is 15.7 Å². The van der Waals surface area contributed by atoms with Crippen molar-refractivity contribution < 1.29 is 40.6 Å². The van der Waals surface area contributed by atoms with E-state index in [2.05, 4.69) is 0 Å². The first-order chi connectivity index (χ1) is 12.8. The average Bonchev–Trinajstić information content (AvgIpc) is 2.60. The molecule has 11 heteroatoms. The topological polar surface area (TPSA) is 82.1 Å². The molecule has 0 bridgehead atoms. The van der Waals surface area contributed by atoms with Gasteiger partial charge in [0.05, 0.1) is 33.0 Å². The van der Waals surface area contributed by atoms with Crippen LogP contribution in [0.5, 0.6) is 17.2 Å². The third kappa shape index (κ3) is 6.47. The van der Waals surface area contributed by atoms with E-state index in [0.717, 1.165) is 11.2 Å². The highest BCUT2D eigenvalue weighted by molar-refractivity contribution is 7.90. The van der Waals surface area contributed by atoms with E-state index >= 15 is 0 Å². The van der Waals surface area contributed by atoms with E-state index in [1.165, 1.54) is 40.5 Å². The lowest BCUT2D eigenvalue weighted by atomic mass is 10.0. The number of nitrogens with zero attached hydrogens (tertiary/aromatic N) is 1. The van der Waals surface area contributed by atoms with Gasteiger partial charge in [-0.2, -0.15) is 13.2 Å². The molecule has 0 saturated carbocycles. The van der Waals surface area contributed by atoms with Crippen LogP contribution in [0.2, 0.25) is 0 Å². The summed E-state index contributed by atoms with van der Waals surface area (Å²) in [6.45, 7) is -0.686. The van der Waals surface area contributed by atoms with Crippen molar-refractivity contribution in [3.8, 4) is 17.2 Å². The fourth-order valence-electron chi connectivity index (χ4n) is 2.55. The van der Waals surface area contributed by atoms with E-state index in [4.69, 9.17) is 14.2 Å². The monoisotopic (exact) mass is 427 g/mol. The Morgan fingerprint density at radius 1 is 1.11 bits per heavy atom. The first-order valence-electron chi connectivity index (χ1n) is 8.14. The number of halogens is 3. The van der Waals surface area contributed by atoms with Crippen molar-refractivity contribution in [1.82, 2.24) is 4.90 Å². The van der Waals surface area contributed by atoms with Gasteiger partial charge >= 0.3 is 6.18 Å². The van der Waals surface area contributed by atoms with Gasteiger partial charge in [0.25, 0.3) is 5.91 Å². The Bertz CT molecular complexity index is 770. The molecule has 1 aromatic rings. The summed E-state index contributed by atoms with van der Waals surface area (Å²) in [6, 6.07) is 2.67. The Hall–Kier alpha value is -2.17. The van der Waals surface area contributed by atoms with Crippen molar-refractivity contribution in [1.29, 1.82) is 0 Å². The Morgan fingerprint density at radius 3 is 1.96 bits per heavy atom. The Morgan fingerprint density at radius 2 is 1.61 bits per heavy atom. The minimum Gasteiger partial charge on any atom is -0.493 e. The fraction of sp³-hybridized carbons (Fsp3) is 0.588. The third-order valence-corrected chi connectivity index (χ3v) is 5.03. The predicted octanol–water partition coefficient (Wildman–Crippen LogP) is 2.40. The molecule has 0 radical (unpaired) electrons. The molecule has 160 valence electrons. The highest BCUT2D eigenvalue weighted by atomic mass is 32.2. The molecular weight excluding hydrogens is 403 g/mol. The van der Waals surface area contributed by atoms with Gasteiger partial charge in [-0.25, -0.2) is 8.42 Å². The summed E-state index contributed by atoms with van der Waals surface area (Å²) in [6.07, 6.45) is -4.41. The molecule has 0 heterocycles. The molecule has 7 nitrogen and oxygen atoms in total. The molecule has 0 aliphatic rings.